The molecule has 1 aromatic heterocycles. The van der Waals surface area contributed by atoms with Gasteiger partial charge in [0, 0.05) is 4.88 Å². The van der Waals surface area contributed by atoms with Crippen LogP contribution < -0.4 is 5.32 Å². The van der Waals surface area contributed by atoms with Crippen molar-refractivity contribution in [2.45, 2.75) is 51.9 Å². The van der Waals surface area contributed by atoms with Crippen LogP contribution in [0.5, 0.6) is 0 Å². The van der Waals surface area contributed by atoms with Crippen molar-refractivity contribution < 1.29 is 24.2 Å². The molecule has 1 aromatic rings. The summed E-state index contributed by atoms with van der Waals surface area (Å²) in [6, 6.07) is 0. The van der Waals surface area contributed by atoms with E-state index in [4.69, 9.17) is 4.74 Å². The highest BCUT2D eigenvalue weighted by molar-refractivity contribution is 7.17. The van der Waals surface area contributed by atoms with E-state index in [1.807, 2.05) is 0 Å². The number of carbonyl (C=O) groups excluding carboxylic acids is 2. The molecule has 3 aliphatic carbocycles. The number of aliphatic carboxylic acids is 1. The molecule has 2 bridgehead atoms. The van der Waals surface area contributed by atoms with E-state index in [1.165, 1.54) is 11.3 Å². The summed E-state index contributed by atoms with van der Waals surface area (Å²) < 4.78 is 5.23. The lowest BCUT2D eigenvalue weighted by Gasteiger charge is -2.26. The number of amides is 1. The SMILES string of the molecule is CCOC(=O)c1c(NC(=O)[C@H]2[C@H]3CC[C@@H](C3)[C@@H]2C(=O)O)sc2c1CCCC2. The molecule has 7 heteroatoms. The average molecular weight is 391 g/mol. The molecule has 0 spiro atoms. The second kappa shape index (κ2) is 7.26. The Morgan fingerprint density at radius 1 is 1.15 bits per heavy atom. The molecule has 1 amide bonds. The van der Waals surface area contributed by atoms with Gasteiger partial charge in [0.25, 0.3) is 0 Å². The quantitative estimate of drug-likeness (QED) is 0.750. The predicted octanol–water partition coefficient (Wildman–Crippen LogP) is 3.49. The third kappa shape index (κ3) is 3.16. The molecule has 1 heterocycles. The van der Waals surface area contributed by atoms with Crippen LogP contribution in [0.25, 0.3) is 0 Å². The van der Waals surface area contributed by atoms with Crippen molar-refractivity contribution in [1.82, 2.24) is 0 Å². The summed E-state index contributed by atoms with van der Waals surface area (Å²) in [4.78, 5) is 38.5. The third-order valence-electron chi connectivity index (χ3n) is 6.39. The molecule has 0 saturated heterocycles. The first-order valence-corrected chi connectivity index (χ1v) is 10.7. The number of hydrogen-bond acceptors (Lipinski definition) is 5. The molecule has 146 valence electrons. The van der Waals surface area contributed by atoms with Gasteiger partial charge in [-0.3, -0.25) is 9.59 Å². The van der Waals surface area contributed by atoms with E-state index >= 15 is 0 Å². The number of carboxylic acid groups (broad SMARTS) is 1. The molecule has 27 heavy (non-hydrogen) atoms. The minimum Gasteiger partial charge on any atom is -0.481 e. The zero-order chi connectivity index (χ0) is 19.1. The number of rotatable bonds is 5. The van der Waals surface area contributed by atoms with Gasteiger partial charge in [0.2, 0.25) is 5.91 Å². The first-order valence-electron chi connectivity index (χ1n) is 9.86. The van der Waals surface area contributed by atoms with Crippen LogP contribution in [0.3, 0.4) is 0 Å². The summed E-state index contributed by atoms with van der Waals surface area (Å²) in [5, 5.41) is 13.1. The van der Waals surface area contributed by atoms with Crippen molar-refractivity contribution in [3.8, 4) is 0 Å². The zero-order valence-corrected chi connectivity index (χ0v) is 16.3. The molecule has 6 nitrogen and oxygen atoms in total. The van der Waals surface area contributed by atoms with Crippen molar-refractivity contribution in [2.24, 2.45) is 23.7 Å². The van der Waals surface area contributed by atoms with Gasteiger partial charge in [-0.2, -0.15) is 0 Å². The fraction of sp³-hybridized carbons (Fsp3) is 0.650. The largest absolute Gasteiger partial charge is 0.481 e. The number of fused-ring (bicyclic) bond motifs is 3. The number of carboxylic acids is 1. The van der Waals surface area contributed by atoms with E-state index in [1.54, 1.807) is 6.92 Å². The Labute approximate surface area is 162 Å². The fourth-order valence-electron chi connectivity index (χ4n) is 5.29. The van der Waals surface area contributed by atoms with E-state index in [2.05, 4.69) is 5.32 Å². The lowest BCUT2D eigenvalue weighted by molar-refractivity contribution is -0.148. The van der Waals surface area contributed by atoms with Crippen LogP contribution >= 0.6 is 11.3 Å². The number of anilines is 1. The summed E-state index contributed by atoms with van der Waals surface area (Å²) in [6.45, 7) is 2.05. The molecule has 2 saturated carbocycles. The molecule has 2 fully saturated rings. The van der Waals surface area contributed by atoms with Gasteiger partial charge in [0.15, 0.2) is 0 Å². The van der Waals surface area contributed by atoms with Crippen molar-refractivity contribution in [1.29, 1.82) is 0 Å². The standard InChI is InChI=1S/C20H25NO5S/c1-2-26-20(25)16-12-5-3-4-6-13(12)27-18(16)21-17(22)14-10-7-8-11(9-10)15(14)19(23)24/h10-11,14-15H,2-9H2,1H3,(H,21,22)(H,23,24)/t10-,11-,14-,15-/m0/s1. The van der Waals surface area contributed by atoms with Gasteiger partial charge in [0.05, 0.1) is 24.0 Å². The number of thiophene rings is 1. The lowest BCUT2D eigenvalue weighted by atomic mass is 9.78. The number of aryl methyl sites for hydroxylation is 1. The number of nitrogens with one attached hydrogen (secondary N) is 1. The highest BCUT2D eigenvalue weighted by Crippen LogP contribution is 2.53. The Balaban J connectivity index is 1.62. The summed E-state index contributed by atoms with van der Waals surface area (Å²) in [5.74, 6) is -2.40. The van der Waals surface area contributed by atoms with Crippen LogP contribution in [0, 0.1) is 23.7 Å². The minimum atomic E-state index is -0.876. The lowest BCUT2D eigenvalue weighted by Crippen LogP contribution is -2.38. The molecule has 0 unspecified atom stereocenters. The smallest absolute Gasteiger partial charge is 0.341 e. The maximum atomic E-state index is 13.0. The van der Waals surface area contributed by atoms with E-state index in [0.29, 0.717) is 10.6 Å². The average Bonchev–Trinajstić information content (AvgIpc) is 3.33. The molecule has 0 aliphatic heterocycles. The van der Waals surface area contributed by atoms with Gasteiger partial charge in [0.1, 0.15) is 5.00 Å². The topological polar surface area (TPSA) is 92.7 Å². The normalized spacial score (nSPS) is 28.6. The van der Waals surface area contributed by atoms with E-state index in [-0.39, 0.29) is 24.3 Å². The number of esters is 1. The van der Waals surface area contributed by atoms with Crippen molar-refractivity contribution in [3.05, 3.63) is 16.0 Å². The monoisotopic (exact) mass is 391 g/mol. The van der Waals surface area contributed by atoms with Gasteiger partial charge in [-0.05, 0) is 69.3 Å². The van der Waals surface area contributed by atoms with Crippen molar-refractivity contribution in [2.75, 3.05) is 11.9 Å². The second-order valence-corrected chi connectivity index (χ2v) is 8.95. The van der Waals surface area contributed by atoms with Crippen molar-refractivity contribution in [3.63, 3.8) is 0 Å². The van der Waals surface area contributed by atoms with Crippen LogP contribution in [-0.2, 0) is 27.2 Å². The van der Waals surface area contributed by atoms with Crippen LogP contribution in [0.1, 0.15) is 59.8 Å². The Kier molecular flexibility index (Phi) is 4.97. The molecule has 3 aliphatic rings. The highest BCUT2D eigenvalue weighted by atomic mass is 32.1. The minimum absolute atomic E-state index is 0.101. The maximum Gasteiger partial charge on any atom is 0.341 e. The second-order valence-electron chi connectivity index (χ2n) is 7.85. The third-order valence-corrected chi connectivity index (χ3v) is 7.60. The summed E-state index contributed by atoms with van der Waals surface area (Å²) in [6.07, 6.45) is 6.47. The Morgan fingerprint density at radius 2 is 1.85 bits per heavy atom. The highest BCUT2D eigenvalue weighted by Gasteiger charge is 2.54. The van der Waals surface area contributed by atoms with E-state index in [0.717, 1.165) is 55.4 Å². The van der Waals surface area contributed by atoms with Gasteiger partial charge in [-0.15, -0.1) is 11.3 Å². The summed E-state index contributed by atoms with van der Waals surface area (Å²) in [7, 11) is 0. The van der Waals surface area contributed by atoms with Gasteiger partial charge < -0.3 is 15.2 Å². The predicted molar refractivity (Wildman–Crippen MR) is 101 cm³/mol. The van der Waals surface area contributed by atoms with Crippen LogP contribution in [0.4, 0.5) is 5.00 Å². The molecule has 0 radical (unpaired) electrons. The molecular formula is C20H25NO5S. The molecule has 2 N–H and O–H groups in total. The van der Waals surface area contributed by atoms with Gasteiger partial charge in [-0.1, -0.05) is 0 Å². The maximum absolute atomic E-state index is 13.0. The van der Waals surface area contributed by atoms with Crippen molar-refractivity contribution >= 4 is 34.2 Å². The fourth-order valence-corrected chi connectivity index (χ4v) is 6.57. The first kappa shape index (κ1) is 18.5. The Bertz CT molecular complexity index is 786. The van der Waals surface area contributed by atoms with E-state index < -0.39 is 23.8 Å². The van der Waals surface area contributed by atoms with Crippen LogP contribution in [0.2, 0.25) is 0 Å². The molecule has 4 atom stereocenters. The van der Waals surface area contributed by atoms with Crippen LogP contribution in [0.15, 0.2) is 0 Å². The Morgan fingerprint density at radius 3 is 2.56 bits per heavy atom. The van der Waals surface area contributed by atoms with Crippen LogP contribution in [-0.4, -0.2) is 29.6 Å². The summed E-state index contributed by atoms with van der Waals surface area (Å²) >= 11 is 1.45. The number of carbonyl (C=O) groups is 3. The number of hydrogen-bond donors (Lipinski definition) is 2. The van der Waals surface area contributed by atoms with Gasteiger partial charge >= 0.3 is 11.9 Å². The molecule has 0 aromatic carbocycles. The first-order chi connectivity index (χ1) is 13.0. The van der Waals surface area contributed by atoms with E-state index in [9.17, 15) is 19.5 Å². The zero-order valence-electron chi connectivity index (χ0n) is 15.5. The Hall–Kier alpha value is -1.89. The number of ether oxygens (including phenoxy) is 1. The van der Waals surface area contributed by atoms with Gasteiger partial charge in [-0.25, -0.2) is 4.79 Å². The summed E-state index contributed by atoms with van der Waals surface area (Å²) in [5.41, 5.74) is 1.49. The molecule has 4 rings (SSSR count). The molecular weight excluding hydrogens is 366 g/mol.